The number of esters is 1. The Kier molecular flexibility index (Phi) is 4.87. The molecule has 148 valence electrons. The molecule has 8 heteroatoms. The maximum absolute atomic E-state index is 12.6. The number of nitrogens with zero attached hydrogens (tertiary/aromatic N) is 1. The van der Waals surface area contributed by atoms with Gasteiger partial charge < -0.3 is 10.1 Å². The van der Waals surface area contributed by atoms with Gasteiger partial charge in [0.25, 0.3) is 5.91 Å². The van der Waals surface area contributed by atoms with E-state index < -0.39 is 25.0 Å². The number of fused-ring (bicyclic) bond motifs is 5. The molecule has 2 aliphatic carbocycles. The Bertz CT molecular complexity index is 842. The number of halogens is 1. The van der Waals surface area contributed by atoms with E-state index in [2.05, 4.69) is 5.32 Å². The summed E-state index contributed by atoms with van der Waals surface area (Å²) >= 11 is 6.01. The Hall–Kier alpha value is -2.41. The Balaban J connectivity index is 1.29. The van der Waals surface area contributed by atoms with Crippen LogP contribution in [0.1, 0.15) is 24.8 Å². The maximum atomic E-state index is 12.6. The van der Waals surface area contributed by atoms with Crippen LogP contribution in [-0.4, -0.2) is 41.7 Å². The highest BCUT2D eigenvalue weighted by Gasteiger charge is 2.61. The first-order chi connectivity index (χ1) is 13.3. The third kappa shape index (κ3) is 3.28. The van der Waals surface area contributed by atoms with Crippen LogP contribution in [0.15, 0.2) is 18.2 Å². The predicted molar refractivity (Wildman–Crippen MR) is 100 cm³/mol. The van der Waals surface area contributed by atoms with Gasteiger partial charge in [0.15, 0.2) is 6.61 Å². The van der Waals surface area contributed by atoms with Crippen LogP contribution in [0.3, 0.4) is 0 Å². The van der Waals surface area contributed by atoms with Crippen LogP contribution in [0.5, 0.6) is 0 Å². The van der Waals surface area contributed by atoms with E-state index in [1.54, 1.807) is 18.2 Å². The van der Waals surface area contributed by atoms with Gasteiger partial charge >= 0.3 is 5.97 Å². The van der Waals surface area contributed by atoms with Crippen LogP contribution >= 0.6 is 11.6 Å². The average molecular weight is 405 g/mol. The maximum Gasteiger partial charge on any atom is 0.326 e. The van der Waals surface area contributed by atoms with E-state index in [0.717, 1.165) is 29.7 Å². The molecule has 7 nitrogen and oxygen atoms in total. The van der Waals surface area contributed by atoms with Crippen molar-refractivity contribution < 1.29 is 23.9 Å². The third-order valence-electron chi connectivity index (χ3n) is 6.13. The lowest BCUT2D eigenvalue weighted by atomic mass is 9.81. The molecule has 0 aromatic heterocycles. The number of carbonyl (C=O) groups excluding carboxylic acids is 4. The molecule has 3 aliphatic rings. The van der Waals surface area contributed by atoms with E-state index in [4.69, 9.17) is 16.3 Å². The molecule has 1 saturated heterocycles. The van der Waals surface area contributed by atoms with Crippen molar-refractivity contribution in [1.29, 1.82) is 0 Å². The lowest BCUT2D eigenvalue weighted by Crippen LogP contribution is -2.38. The van der Waals surface area contributed by atoms with Crippen LogP contribution < -0.4 is 5.32 Å². The summed E-state index contributed by atoms with van der Waals surface area (Å²) in [6.07, 6.45) is 2.90. The summed E-state index contributed by atoms with van der Waals surface area (Å²) in [4.78, 5) is 50.2. The third-order valence-corrected chi connectivity index (χ3v) is 6.53. The molecule has 2 bridgehead atoms. The van der Waals surface area contributed by atoms with E-state index in [-0.39, 0.29) is 35.5 Å². The summed E-state index contributed by atoms with van der Waals surface area (Å²) in [6.45, 7) is 0.905. The predicted octanol–water partition coefficient (Wildman–Crippen LogP) is 2.16. The average Bonchev–Trinajstić information content (AvgIpc) is 3.33. The number of benzene rings is 1. The molecule has 1 N–H and O–H groups in total. The number of rotatable bonds is 5. The van der Waals surface area contributed by atoms with Gasteiger partial charge in [-0.05, 0) is 55.7 Å². The number of ether oxygens (including phenoxy) is 1. The van der Waals surface area contributed by atoms with Crippen molar-refractivity contribution in [2.75, 3.05) is 18.5 Å². The second-order valence-electron chi connectivity index (χ2n) is 7.82. The van der Waals surface area contributed by atoms with Crippen LogP contribution in [0.4, 0.5) is 5.69 Å². The molecule has 1 aromatic carbocycles. The standard InChI is InChI=1S/C20H21ClN2O5/c1-10-2-5-13(7-14(10)21)22-15(24)9-28-16(25)8-23-19(26)17-11-3-4-12(6-11)18(17)20(23)27/h2,5,7,11-12,17-18H,3-4,6,8-9H2,1H3,(H,22,24)/t11-,12-,17-,18+/m0/s1. The first-order valence-corrected chi connectivity index (χ1v) is 9.80. The van der Waals surface area contributed by atoms with Gasteiger partial charge in [-0.3, -0.25) is 24.1 Å². The minimum absolute atomic E-state index is 0.264. The highest BCUT2D eigenvalue weighted by molar-refractivity contribution is 6.31. The second kappa shape index (κ2) is 7.20. The Morgan fingerprint density at radius 3 is 2.43 bits per heavy atom. The molecule has 1 aromatic rings. The number of aryl methyl sites for hydroxylation is 1. The summed E-state index contributed by atoms with van der Waals surface area (Å²) in [5.41, 5.74) is 1.37. The Morgan fingerprint density at radius 2 is 1.82 bits per heavy atom. The Morgan fingerprint density at radius 1 is 1.18 bits per heavy atom. The van der Waals surface area contributed by atoms with Crippen LogP contribution in [0.2, 0.25) is 5.02 Å². The number of anilines is 1. The quantitative estimate of drug-likeness (QED) is 0.599. The first-order valence-electron chi connectivity index (χ1n) is 9.42. The topological polar surface area (TPSA) is 92.8 Å². The van der Waals surface area contributed by atoms with Crippen LogP contribution in [0, 0.1) is 30.6 Å². The minimum Gasteiger partial charge on any atom is -0.454 e. The zero-order valence-corrected chi connectivity index (χ0v) is 16.2. The molecular weight excluding hydrogens is 384 g/mol. The number of likely N-dealkylation sites (tertiary alicyclic amines) is 1. The fraction of sp³-hybridized carbons (Fsp3) is 0.500. The van der Waals surface area contributed by atoms with Gasteiger partial charge in [0.1, 0.15) is 6.54 Å². The summed E-state index contributed by atoms with van der Waals surface area (Å²) < 4.78 is 4.95. The molecular formula is C20H21ClN2O5. The number of imide groups is 1. The zero-order valence-electron chi connectivity index (χ0n) is 15.4. The second-order valence-corrected chi connectivity index (χ2v) is 8.23. The number of carbonyl (C=O) groups is 4. The van der Waals surface area contributed by atoms with E-state index in [1.807, 2.05) is 6.92 Å². The monoisotopic (exact) mass is 404 g/mol. The van der Waals surface area contributed by atoms with Gasteiger partial charge in [-0.15, -0.1) is 0 Å². The van der Waals surface area contributed by atoms with Gasteiger partial charge in [-0.1, -0.05) is 17.7 Å². The van der Waals surface area contributed by atoms with Gasteiger partial charge in [-0.2, -0.15) is 0 Å². The lowest BCUT2D eigenvalue weighted by Gasteiger charge is -2.19. The highest BCUT2D eigenvalue weighted by atomic mass is 35.5. The van der Waals surface area contributed by atoms with Crippen LogP contribution in [-0.2, 0) is 23.9 Å². The number of nitrogens with one attached hydrogen (secondary N) is 1. The molecule has 1 heterocycles. The fourth-order valence-corrected chi connectivity index (χ4v) is 5.00. The number of hydrogen-bond donors (Lipinski definition) is 1. The van der Waals surface area contributed by atoms with Gasteiger partial charge in [-0.25, -0.2) is 0 Å². The lowest BCUT2D eigenvalue weighted by molar-refractivity contribution is -0.154. The van der Waals surface area contributed by atoms with E-state index >= 15 is 0 Å². The van der Waals surface area contributed by atoms with Crippen molar-refractivity contribution in [3.05, 3.63) is 28.8 Å². The van der Waals surface area contributed by atoms with Crippen molar-refractivity contribution in [2.45, 2.75) is 26.2 Å². The van der Waals surface area contributed by atoms with Gasteiger partial charge in [0, 0.05) is 10.7 Å². The van der Waals surface area contributed by atoms with E-state index in [0.29, 0.717) is 10.7 Å². The number of hydrogen-bond acceptors (Lipinski definition) is 5. The van der Waals surface area contributed by atoms with E-state index in [9.17, 15) is 19.2 Å². The minimum atomic E-state index is -0.772. The summed E-state index contributed by atoms with van der Waals surface area (Å²) in [6, 6.07) is 5.05. The molecule has 3 fully saturated rings. The Labute approximate surface area is 167 Å². The molecule has 3 amide bonds. The van der Waals surface area contributed by atoms with Crippen molar-refractivity contribution in [2.24, 2.45) is 23.7 Å². The molecule has 0 radical (unpaired) electrons. The summed E-state index contributed by atoms with van der Waals surface area (Å²) in [7, 11) is 0. The SMILES string of the molecule is Cc1ccc(NC(=O)COC(=O)CN2C(=O)[C@@H]3[C@H]4CC[C@@H](C4)[C@@H]3C2=O)cc1Cl. The molecule has 4 atom stereocenters. The molecule has 28 heavy (non-hydrogen) atoms. The molecule has 4 rings (SSSR count). The molecule has 2 saturated carbocycles. The largest absolute Gasteiger partial charge is 0.454 e. The molecule has 1 aliphatic heterocycles. The van der Waals surface area contributed by atoms with Crippen molar-refractivity contribution in [3.8, 4) is 0 Å². The summed E-state index contributed by atoms with van der Waals surface area (Å²) in [5, 5.41) is 3.09. The first kappa shape index (κ1) is 18.9. The van der Waals surface area contributed by atoms with Gasteiger partial charge in [0.2, 0.25) is 11.8 Å². The zero-order chi connectivity index (χ0) is 20.0. The highest BCUT2D eigenvalue weighted by Crippen LogP contribution is 2.56. The normalized spacial score (nSPS) is 27.9. The smallest absolute Gasteiger partial charge is 0.326 e. The molecule has 0 unspecified atom stereocenters. The fourth-order valence-electron chi connectivity index (χ4n) is 4.81. The van der Waals surface area contributed by atoms with E-state index in [1.165, 1.54) is 0 Å². The van der Waals surface area contributed by atoms with Crippen molar-refractivity contribution in [3.63, 3.8) is 0 Å². The van der Waals surface area contributed by atoms with Gasteiger partial charge in [0.05, 0.1) is 11.8 Å². The van der Waals surface area contributed by atoms with Crippen LogP contribution in [0.25, 0.3) is 0 Å². The summed E-state index contributed by atoms with van der Waals surface area (Å²) in [5.74, 6) is -1.84. The van der Waals surface area contributed by atoms with Crippen molar-refractivity contribution in [1.82, 2.24) is 4.90 Å². The van der Waals surface area contributed by atoms with Crippen molar-refractivity contribution >= 4 is 41.0 Å². The number of amides is 3. The molecule has 0 spiro atoms.